The van der Waals surface area contributed by atoms with Crippen molar-refractivity contribution in [3.63, 3.8) is 0 Å². The van der Waals surface area contributed by atoms with E-state index in [0.717, 1.165) is 32.6 Å². The first-order valence-corrected chi connectivity index (χ1v) is 4.63. The van der Waals surface area contributed by atoms with E-state index in [2.05, 4.69) is 18.2 Å². The lowest BCUT2D eigenvalue weighted by molar-refractivity contribution is 0.177. The molecule has 2 heteroatoms. The van der Waals surface area contributed by atoms with Crippen LogP contribution in [-0.4, -0.2) is 25.8 Å². The third-order valence-electron chi connectivity index (χ3n) is 2.34. The molecular weight excluding hydrogens is 150 g/mol. The molecule has 1 rings (SSSR count). The minimum Gasteiger partial charge on any atom is -0.381 e. The number of terminal acetylenes is 1. The standard InChI is InChI=1S/C10H17NO/c1-3-5-10(11-4-2)9-6-7-12-8-9/h1,9-11H,4-8H2,2H3. The summed E-state index contributed by atoms with van der Waals surface area (Å²) in [5, 5.41) is 3.40. The van der Waals surface area contributed by atoms with Crippen LogP contribution in [0.2, 0.25) is 0 Å². The number of nitrogens with one attached hydrogen (secondary N) is 1. The van der Waals surface area contributed by atoms with Crippen molar-refractivity contribution in [2.24, 2.45) is 5.92 Å². The Morgan fingerprint density at radius 1 is 1.75 bits per heavy atom. The van der Waals surface area contributed by atoms with E-state index in [1.165, 1.54) is 0 Å². The summed E-state index contributed by atoms with van der Waals surface area (Å²) in [5.74, 6) is 3.34. The second kappa shape index (κ2) is 5.18. The molecule has 2 unspecified atom stereocenters. The maximum Gasteiger partial charge on any atom is 0.0510 e. The lowest BCUT2D eigenvalue weighted by Gasteiger charge is -2.20. The molecule has 2 atom stereocenters. The van der Waals surface area contributed by atoms with E-state index < -0.39 is 0 Å². The highest BCUT2D eigenvalue weighted by Crippen LogP contribution is 2.18. The molecule has 0 aromatic rings. The average Bonchev–Trinajstić information content (AvgIpc) is 2.56. The van der Waals surface area contributed by atoms with Gasteiger partial charge in [-0.25, -0.2) is 0 Å². The van der Waals surface area contributed by atoms with Crippen molar-refractivity contribution in [3.05, 3.63) is 0 Å². The summed E-state index contributed by atoms with van der Waals surface area (Å²) in [7, 11) is 0. The molecule has 1 heterocycles. The molecule has 1 fully saturated rings. The van der Waals surface area contributed by atoms with Gasteiger partial charge in [0.2, 0.25) is 0 Å². The molecule has 2 nitrogen and oxygen atoms in total. The molecule has 0 aromatic heterocycles. The van der Waals surface area contributed by atoms with Crippen molar-refractivity contribution < 1.29 is 4.74 Å². The van der Waals surface area contributed by atoms with Crippen LogP contribution in [0.3, 0.4) is 0 Å². The molecule has 0 aliphatic carbocycles. The van der Waals surface area contributed by atoms with Gasteiger partial charge in [0.25, 0.3) is 0 Å². The van der Waals surface area contributed by atoms with Crippen LogP contribution in [0.25, 0.3) is 0 Å². The highest BCUT2D eigenvalue weighted by atomic mass is 16.5. The molecular formula is C10H17NO. The van der Waals surface area contributed by atoms with Crippen molar-refractivity contribution in [1.29, 1.82) is 0 Å². The summed E-state index contributed by atoms with van der Waals surface area (Å²) < 4.78 is 5.32. The van der Waals surface area contributed by atoms with Gasteiger partial charge in [-0.2, -0.15) is 0 Å². The molecule has 0 aromatic carbocycles. The van der Waals surface area contributed by atoms with Gasteiger partial charge < -0.3 is 10.1 Å². The zero-order chi connectivity index (χ0) is 8.81. The molecule has 0 amide bonds. The van der Waals surface area contributed by atoms with E-state index in [1.807, 2.05) is 0 Å². The Morgan fingerprint density at radius 2 is 2.58 bits per heavy atom. The SMILES string of the molecule is C#CCC(NCC)C1CCOC1. The smallest absolute Gasteiger partial charge is 0.0510 e. The molecule has 0 radical (unpaired) electrons. The molecule has 1 aliphatic heterocycles. The summed E-state index contributed by atoms with van der Waals surface area (Å²) in [6, 6.07) is 0.461. The number of rotatable bonds is 4. The number of hydrogen-bond donors (Lipinski definition) is 1. The maximum absolute atomic E-state index is 5.32. The lowest BCUT2D eigenvalue weighted by atomic mass is 9.96. The first-order valence-electron chi connectivity index (χ1n) is 4.63. The van der Waals surface area contributed by atoms with E-state index in [0.29, 0.717) is 12.0 Å². The van der Waals surface area contributed by atoms with Gasteiger partial charge in [0.15, 0.2) is 0 Å². The number of hydrogen-bond acceptors (Lipinski definition) is 2. The largest absolute Gasteiger partial charge is 0.381 e. The predicted molar refractivity (Wildman–Crippen MR) is 49.8 cm³/mol. The Hall–Kier alpha value is -0.520. The van der Waals surface area contributed by atoms with Crippen LogP contribution in [0.15, 0.2) is 0 Å². The van der Waals surface area contributed by atoms with E-state index >= 15 is 0 Å². The fraction of sp³-hybridized carbons (Fsp3) is 0.800. The van der Waals surface area contributed by atoms with Crippen LogP contribution in [-0.2, 0) is 4.74 Å². The molecule has 0 saturated carbocycles. The quantitative estimate of drug-likeness (QED) is 0.631. The second-order valence-corrected chi connectivity index (χ2v) is 3.20. The molecule has 12 heavy (non-hydrogen) atoms. The molecule has 1 N–H and O–H groups in total. The van der Waals surface area contributed by atoms with Gasteiger partial charge in [0, 0.05) is 25.0 Å². The van der Waals surface area contributed by atoms with Crippen LogP contribution in [0, 0.1) is 18.3 Å². The van der Waals surface area contributed by atoms with Gasteiger partial charge in [-0.05, 0) is 13.0 Å². The summed E-state index contributed by atoms with van der Waals surface area (Å²) >= 11 is 0. The van der Waals surface area contributed by atoms with Crippen molar-refractivity contribution >= 4 is 0 Å². The molecule has 1 saturated heterocycles. The first kappa shape index (κ1) is 9.57. The Bertz CT molecular complexity index is 156. The van der Waals surface area contributed by atoms with Gasteiger partial charge in [0.05, 0.1) is 6.61 Å². The Kier molecular flexibility index (Phi) is 4.13. The second-order valence-electron chi connectivity index (χ2n) is 3.20. The van der Waals surface area contributed by atoms with Crippen molar-refractivity contribution in [1.82, 2.24) is 5.32 Å². The minimum atomic E-state index is 0.461. The maximum atomic E-state index is 5.32. The third kappa shape index (κ3) is 2.51. The fourth-order valence-electron chi connectivity index (χ4n) is 1.66. The summed E-state index contributed by atoms with van der Waals surface area (Å²) in [6.45, 7) is 4.87. The van der Waals surface area contributed by atoms with Crippen LogP contribution in [0.5, 0.6) is 0 Å². The Labute approximate surface area is 74.7 Å². The van der Waals surface area contributed by atoms with Crippen LogP contribution in [0.4, 0.5) is 0 Å². The zero-order valence-electron chi connectivity index (χ0n) is 7.68. The van der Waals surface area contributed by atoms with E-state index in [-0.39, 0.29) is 0 Å². The molecule has 1 aliphatic rings. The Morgan fingerprint density at radius 3 is 3.08 bits per heavy atom. The van der Waals surface area contributed by atoms with Crippen LogP contribution >= 0.6 is 0 Å². The van der Waals surface area contributed by atoms with Gasteiger partial charge in [-0.1, -0.05) is 6.92 Å². The highest BCUT2D eigenvalue weighted by molar-refractivity contribution is 4.93. The van der Waals surface area contributed by atoms with E-state index in [1.54, 1.807) is 0 Å². The topological polar surface area (TPSA) is 21.3 Å². The summed E-state index contributed by atoms with van der Waals surface area (Å²) in [4.78, 5) is 0. The summed E-state index contributed by atoms with van der Waals surface area (Å²) in [6.07, 6.45) is 7.27. The van der Waals surface area contributed by atoms with Gasteiger partial charge in [-0.3, -0.25) is 0 Å². The van der Waals surface area contributed by atoms with E-state index in [9.17, 15) is 0 Å². The zero-order valence-corrected chi connectivity index (χ0v) is 7.68. The first-order chi connectivity index (χ1) is 5.88. The van der Waals surface area contributed by atoms with Crippen molar-refractivity contribution in [2.45, 2.75) is 25.8 Å². The van der Waals surface area contributed by atoms with E-state index in [4.69, 9.17) is 11.2 Å². The number of ether oxygens (including phenoxy) is 1. The third-order valence-corrected chi connectivity index (χ3v) is 2.34. The predicted octanol–water partition coefficient (Wildman–Crippen LogP) is 1.02. The van der Waals surface area contributed by atoms with Crippen LogP contribution in [0.1, 0.15) is 19.8 Å². The Balaban J connectivity index is 2.35. The highest BCUT2D eigenvalue weighted by Gasteiger charge is 2.23. The normalized spacial score (nSPS) is 25.2. The fourth-order valence-corrected chi connectivity index (χ4v) is 1.66. The van der Waals surface area contributed by atoms with Crippen molar-refractivity contribution in [3.8, 4) is 12.3 Å². The monoisotopic (exact) mass is 167 g/mol. The van der Waals surface area contributed by atoms with Crippen molar-refractivity contribution in [2.75, 3.05) is 19.8 Å². The van der Waals surface area contributed by atoms with Gasteiger partial charge in [-0.15, -0.1) is 12.3 Å². The summed E-state index contributed by atoms with van der Waals surface area (Å²) in [5.41, 5.74) is 0. The van der Waals surface area contributed by atoms with Gasteiger partial charge in [0.1, 0.15) is 0 Å². The average molecular weight is 167 g/mol. The minimum absolute atomic E-state index is 0.461. The van der Waals surface area contributed by atoms with Gasteiger partial charge >= 0.3 is 0 Å². The van der Waals surface area contributed by atoms with Crippen LogP contribution < -0.4 is 5.32 Å². The lowest BCUT2D eigenvalue weighted by Crippen LogP contribution is -2.36. The molecule has 68 valence electrons. The molecule has 0 bridgehead atoms. The molecule has 0 spiro atoms.